The minimum atomic E-state index is -3.58. The second-order valence-electron chi connectivity index (χ2n) is 5.40. The van der Waals surface area contributed by atoms with Crippen LogP contribution < -0.4 is 5.32 Å². The molecular weight excluding hydrogens is 378 g/mol. The van der Waals surface area contributed by atoms with Gasteiger partial charge in [0.05, 0.1) is 15.6 Å². The van der Waals surface area contributed by atoms with E-state index in [2.05, 4.69) is 5.32 Å². The Morgan fingerprint density at radius 3 is 2.42 bits per heavy atom. The Hall–Kier alpha value is -2.43. The van der Waals surface area contributed by atoms with Gasteiger partial charge in [-0.3, -0.25) is 14.9 Å². The van der Waals surface area contributed by atoms with E-state index in [1.165, 1.54) is 50.1 Å². The number of nitro groups is 1. The summed E-state index contributed by atoms with van der Waals surface area (Å²) in [5, 5.41) is 13.3. The lowest BCUT2D eigenvalue weighted by Gasteiger charge is -2.12. The molecule has 0 atom stereocenters. The Bertz CT molecular complexity index is 912. The number of thioether (sulfide) groups is 1. The summed E-state index contributed by atoms with van der Waals surface area (Å²) in [7, 11) is -0.716. The number of sulfonamides is 1. The summed E-state index contributed by atoms with van der Waals surface area (Å²) in [5.74, 6) is -0.226. The maximum atomic E-state index is 12.1. The number of benzene rings is 2. The summed E-state index contributed by atoms with van der Waals surface area (Å²) in [6.07, 6.45) is 0. The number of non-ortho nitro benzene ring substituents is 1. The van der Waals surface area contributed by atoms with Crippen LogP contribution in [0.5, 0.6) is 0 Å². The van der Waals surface area contributed by atoms with Crippen LogP contribution in [-0.4, -0.2) is 43.4 Å². The van der Waals surface area contributed by atoms with E-state index in [0.29, 0.717) is 5.69 Å². The average Bonchev–Trinajstić information content (AvgIpc) is 2.60. The average molecular weight is 395 g/mol. The monoisotopic (exact) mass is 395 g/mol. The lowest BCUT2D eigenvalue weighted by Crippen LogP contribution is -2.22. The van der Waals surface area contributed by atoms with E-state index in [1.54, 1.807) is 24.3 Å². The van der Waals surface area contributed by atoms with Gasteiger partial charge in [-0.15, -0.1) is 11.8 Å². The minimum absolute atomic E-state index is 0.0160. The molecule has 0 heterocycles. The molecule has 2 aromatic rings. The topological polar surface area (TPSA) is 110 Å². The molecule has 8 nitrogen and oxygen atoms in total. The summed E-state index contributed by atoms with van der Waals surface area (Å²) >= 11 is 1.22. The predicted molar refractivity (Wildman–Crippen MR) is 99.8 cm³/mol. The smallest absolute Gasteiger partial charge is 0.269 e. The number of rotatable bonds is 7. The van der Waals surface area contributed by atoms with Crippen molar-refractivity contribution in [2.75, 3.05) is 25.2 Å². The van der Waals surface area contributed by atoms with Crippen molar-refractivity contribution < 1.29 is 18.1 Å². The molecule has 0 aliphatic rings. The second kappa shape index (κ2) is 8.30. The number of amides is 1. The zero-order valence-corrected chi connectivity index (χ0v) is 15.7. The molecule has 0 spiro atoms. The Morgan fingerprint density at radius 2 is 1.85 bits per heavy atom. The van der Waals surface area contributed by atoms with Crippen LogP contribution in [0.4, 0.5) is 11.4 Å². The van der Waals surface area contributed by atoms with Gasteiger partial charge in [0.1, 0.15) is 0 Å². The van der Waals surface area contributed by atoms with Gasteiger partial charge in [0, 0.05) is 36.8 Å². The van der Waals surface area contributed by atoms with E-state index >= 15 is 0 Å². The predicted octanol–water partition coefficient (Wildman–Crippen LogP) is 2.58. The molecule has 0 aliphatic heterocycles. The van der Waals surface area contributed by atoms with Crippen LogP contribution in [0.1, 0.15) is 0 Å². The number of carbonyl (C=O) groups is 1. The first kappa shape index (κ1) is 19.9. The molecule has 10 heteroatoms. The number of carbonyl (C=O) groups excluding carboxylic acids is 1. The van der Waals surface area contributed by atoms with Gasteiger partial charge < -0.3 is 5.32 Å². The van der Waals surface area contributed by atoms with Crippen molar-refractivity contribution in [3.63, 3.8) is 0 Å². The summed E-state index contributed by atoms with van der Waals surface area (Å²) in [5.41, 5.74) is 0.361. The summed E-state index contributed by atoms with van der Waals surface area (Å²) < 4.78 is 25.3. The van der Waals surface area contributed by atoms with Crippen molar-refractivity contribution in [3.8, 4) is 0 Å². The first-order valence-corrected chi connectivity index (χ1v) is 9.82. The largest absolute Gasteiger partial charge is 0.325 e. The van der Waals surface area contributed by atoms with E-state index in [0.717, 1.165) is 9.20 Å². The van der Waals surface area contributed by atoms with Gasteiger partial charge in [0.2, 0.25) is 15.9 Å². The highest BCUT2D eigenvalue weighted by Gasteiger charge is 2.17. The first-order chi connectivity index (χ1) is 12.2. The fourth-order valence-corrected chi connectivity index (χ4v) is 3.60. The molecule has 1 N–H and O–H groups in total. The Labute approximate surface area is 155 Å². The maximum Gasteiger partial charge on any atom is 0.269 e. The van der Waals surface area contributed by atoms with Crippen LogP contribution in [0.2, 0.25) is 0 Å². The quantitative estimate of drug-likeness (QED) is 0.438. The normalized spacial score (nSPS) is 11.3. The Balaban J connectivity index is 1.99. The van der Waals surface area contributed by atoms with E-state index in [4.69, 9.17) is 0 Å². The summed E-state index contributed by atoms with van der Waals surface area (Å²) in [4.78, 5) is 23.0. The van der Waals surface area contributed by atoms with E-state index < -0.39 is 14.9 Å². The highest BCUT2D eigenvalue weighted by Crippen LogP contribution is 2.22. The van der Waals surface area contributed by atoms with Crippen molar-refractivity contribution in [2.24, 2.45) is 0 Å². The number of nitro benzene ring substituents is 1. The molecule has 0 fully saturated rings. The standard InChI is InChI=1S/C16H17N3O5S2/c1-18(2)26(23,24)15-5-3-4-12(10-15)17-16(20)11-25-14-8-6-13(7-9-14)19(21)22/h3-10H,11H2,1-2H3,(H,17,20). The van der Waals surface area contributed by atoms with Gasteiger partial charge >= 0.3 is 0 Å². The molecule has 0 saturated heterocycles. The zero-order valence-electron chi connectivity index (χ0n) is 14.1. The van der Waals surface area contributed by atoms with Crippen LogP contribution in [-0.2, 0) is 14.8 Å². The molecule has 0 saturated carbocycles. The number of nitrogens with one attached hydrogen (secondary N) is 1. The molecule has 0 radical (unpaired) electrons. The van der Waals surface area contributed by atoms with E-state index in [1.807, 2.05) is 0 Å². The van der Waals surface area contributed by atoms with Gasteiger partial charge in [-0.2, -0.15) is 0 Å². The van der Waals surface area contributed by atoms with Gasteiger partial charge in [-0.05, 0) is 30.3 Å². The van der Waals surface area contributed by atoms with Crippen LogP contribution in [0, 0.1) is 10.1 Å². The Morgan fingerprint density at radius 1 is 1.19 bits per heavy atom. The molecule has 138 valence electrons. The number of anilines is 1. The molecule has 0 unspecified atom stereocenters. The summed E-state index contributed by atoms with van der Waals surface area (Å²) in [6.45, 7) is 0. The van der Waals surface area contributed by atoms with Crippen molar-refractivity contribution >= 4 is 39.1 Å². The van der Waals surface area contributed by atoms with Gasteiger partial charge in [0.15, 0.2) is 0 Å². The van der Waals surface area contributed by atoms with Crippen molar-refractivity contribution in [3.05, 3.63) is 58.6 Å². The first-order valence-electron chi connectivity index (χ1n) is 7.40. The zero-order chi connectivity index (χ0) is 19.3. The van der Waals surface area contributed by atoms with E-state index in [-0.39, 0.29) is 22.2 Å². The number of hydrogen-bond acceptors (Lipinski definition) is 6. The molecule has 1 amide bonds. The summed E-state index contributed by atoms with van der Waals surface area (Å²) in [6, 6.07) is 11.9. The highest BCUT2D eigenvalue weighted by atomic mass is 32.2. The fraction of sp³-hybridized carbons (Fsp3) is 0.188. The second-order valence-corrected chi connectivity index (χ2v) is 8.60. The van der Waals surface area contributed by atoms with Crippen molar-refractivity contribution in [2.45, 2.75) is 9.79 Å². The number of hydrogen-bond donors (Lipinski definition) is 1. The third-order valence-corrected chi connectivity index (χ3v) is 6.14. The lowest BCUT2D eigenvalue weighted by molar-refractivity contribution is -0.384. The minimum Gasteiger partial charge on any atom is -0.325 e. The van der Waals surface area contributed by atoms with Crippen molar-refractivity contribution in [1.29, 1.82) is 0 Å². The molecular formula is C16H17N3O5S2. The van der Waals surface area contributed by atoms with E-state index in [9.17, 15) is 23.3 Å². The van der Waals surface area contributed by atoms with Gasteiger partial charge in [-0.25, -0.2) is 12.7 Å². The molecule has 0 aromatic heterocycles. The third kappa shape index (κ3) is 5.04. The van der Waals surface area contributed by atoms with Crippen molar-refractivity contribution in [1.82, 2.24) is 4.31 Å². The highest BCUT2D eigenvalue weighted by molar-refractivity contribution is 8.00. The molecule has 0 bridgehead atoms. The fourth-order valence-electron chi connectivity index (χ4n) is 1.96. The van der Waals surface area contributed by atoms with Crippen LogP contribution in [0.25, 0.3) is 0 Å². The third-order valence-electron chi connectivity index (χ3n) is 3.31. The lowest BCUT2D eigenvalue weighted by atomic mass is 10.3. The molecule has 2 aromatic carbocycles. The molecule has 2 rings (SSSR count). The molecule has 26 heavy (non-hydrogen) atoms. The van der Waals surface area contributed by atoms with Gasteiger partial charge in [-0.1, -0.05) is 6.07 Å². The van der Waals surface area contributed by atoms with Crippen LogP contribution in [0.15, 0.2) is 58.3 Å². The maximum absolute atomic E-state index is 12.1. The SMILES string of the molecule is CN(C)S(=O)(=O)c1cccc(NC(=O)CSc2ccc([N+](=O)[O-])cc2)c1. The molecule has 0 aliphatic carbocycles. The van der Waals surface area contributed by atoms with Crippen LogP contribution >= 0.6 is 11.8 Å². The van der Waals surface area contributed by atoms with Gasteiger partial charge in [0.25, 0.3) is 5.69 Å². The van der Waals surface area contributed by atoms with Crippen LogP contribution in [0.3, 0.4) is 0 Å². The Kier molecular flexibility index (Phi) is 6.35. The number of nitrogens with zero attached hydrogens (tertiary/aromatic N) is 2.